The van der Waals surface area contributed by atoms with Gasteiger partial charge in [-0.3, -0.25) is 0 Å². The first-order valence-corrected chi connectivity index (χ1v) is 5.69. The second-order valence-corrected chi connectivity index (χ2v) is 4.26. The number of thiophene rings is 1. The van der Waals surface area contributed by atoms with Crippen molar-refractivity contribution in [2.45, 2.75) is 19.6 Å². The minimum absolute atomic E-state index is 0.391. The average Bonchev–Trinajstić information content (AvgIpc) is 2.87. The minimum Gasteiger partial charge on any atom is -0.306 e. The number of halogens is 2. The number of nitrogens with one attached hydrogen (secondary N) is 1. The number of aromatic nitrogens is 2. The molecule has 0 saturated heterocycles. The zero-order valence-corrected chi connectivity index (χ0v) is 9.25. The molecule has 0 aliphatic carbocycles. The molecule has 0 saturated carbocycles. The molecule has 2 rings (SSSR count). The Morgan fingerprint density at radius 3 is 2.94 bits per heavy atom. The van der Waals surface area contributed by atoms with E-state index in [1.54, 1.807) is 17.4 Å². The van der Waals surface area contributed by atoms with E-state index in [0.717, 1.165) is 4.68 Å². The summed E-state index contributed by atoms with van der Waals surface area (Å²) in [4.78, 5) is 1.18. The quantitative estimate of drug-likeness (QED) is 0.874. The predicted octanol–water partition coefficient (Wildman–Crippen LogP) is 2.63. The molecule has 0 radical (unpaired) electrons. The molecule has 0 bridgehead atoms. The minimum atomic E-state index is -2.58. The number of rotatable bonds is 5. The Bertz CT molecular complexity index is 425. The molecule has 1 N–H and O–H groups in total. The Morgan fingerprint density at radius 2 is 2.25 bits per heavy atom. The normalized spacial score (nSPS) is 11.2. The van der Waals surface area contributed by atoms with Crippen molar-refractivity contribution in [1.82, 2.24) is 15.1 Å². The van der Waals surface area contributed by atoms with E-state index in [9.17, 15) is 8.78 Å². The maximum atomic E-state index is 12.4. The van der Waals surface area contributed by atoms with Gasteiger partial charge in [0.25, 0.3) is 0 Å². The third-order valence-electron chi connectivity index (χ3n) is 2.12. The Hall–Kier alpha value is -1.27. The van der Waals surface area contributed by atoms with Crippen molar-refractivity contribution in [3.63, 3.8) is 0 Å². The summed E-state index contributed by atoms with van der Waals surface area (Å²) in [6, 6.07) is 5.56. The Balaban J connectivity index is 1.87. The van der Waals surface area contributed by atoms with Gasteiger partial charge in [-0.25, -0.2) is 4.68 Å². The van der Waals surface area contributed by atoms with Crippen molar-refractivity contribution < 1.29 is 8.78 Å². The SMILES string of the molecule is FC(F)n1nccc1CNCc1cccs1. The van der Waals surface area contributed by atoms with E-state index < -0.39 is 6.55 Å². The molecule has 16 heavy (non-hydrogen) atoms. The summed E-state index contributed by atoms with van der Waals surface area (Å²) in [5.41, 5.74) is 0.492. The number of alkyl halides is 2. The molecule has 2 aromatic rings. The van der Waals surface area contributed by atoms with Gasteiger partial charge in [0, 0.05) is 24.2 Å². The van der Waals surface area contributed by atoms with Crippen molar-refractivity contribution in [3.05, 3.63) is 40.3 Å². The van der Waals surface area contributed by atoms with E-state index >= 15 is 0 Å². The second-order valence-electron chi connectivity index (χ2n) is 3.23. The van der Waals surface area contributed by atoms with E-state index in [1.807, 2.05) is 17.5 Å². The lowest BCUT2D eigenvalue weighted by Gasteiger charge is -2.06. The first-order chi connectivity index (χ1) is 7.77. The summed E-state index contributed by atoms with van der Waals surface area (Å²) in [6.07, 6.45) is 1.38. The highest BCUT2D eigenvalue weighted by atomic mass is 32.1. The zero-order valence-electron chi connectivity index (χ0n) is 8.44. The first kappa shape index (κ1) is 11.2. The fraction of sp³-hybridized carbons (Fsp3) is 0.300. The van der Waals surface area contributed by atoms with Crippen LogP contribution in [0.4, 0.5) is 8.78 Å². The number of hydrogen-bond acceptors (Lipinski definition) is 3. The van der Waals surface area contributed by atoms with Crippen LogP contribution in [0.5, 0.6) is 0 Å². The van der Waals surface area contributed by atoms with Crippen LogP contribution in [0.3, 0.4) is 0 Å². The lowest BCUT2D eigenvalue weighted by molar-refractivity contribution is 0.0531. The third kappa shape index (κ3) is 2.65. The summed E-state index contributed by atoms with van der Waals surface area (Å²) in [6.45, 7) is -1.50. The average molecular weight is 243 g/mol. The van der Waals surface area contributed by atoms with Crippen molar-refractivity contribution in [3.8, 4) is 0 Å². The predicted molar refractivity (Wildman–Crippen MR) is 58.3 cm³/mol. The lowest BCUT2D eigenvalue weighted by atomic mass is 10.4. The fourth-order valence-electron chi connectivity index (χ4n) is 1.38. The van der Waals surface area contributed by atoms with Gasteiger partial charge < -0.3 is 5.32 Å². The van der Waals surface area contributed by atoms with E-state index in [0.29, 0.717) is 18.8 Å². The van der Waals surface area contributed by atoms with Crippen LogP contribution in [-0.2, 0) is 13.1 Å². The van der Waals surface area contributed by atoms with Crippen LogP contribution in [0.15, 0.2) is 29.8 Å². The van der Waals surface area contributed by atoms with Crippen LogP contribution < -0.4 is 5.32 Å². The lowest BCUT2D eigenvalue weighted by Crippen LogP contribution is -2.16. The van der Waals surface area contributed by atoms with E-state index in [-0.39, 0.29) is 0 Å². The maximum Gasteiger partial charge on any atom is 0.333 e. The molecule has 0 spiro atoms. The van der Waals surface area contributed by atoms with Gasteiger partial charge >= 0.3 is 6.55 Å². The zero-order chi connectivity index (χ0) is 11.4. The maximum absolute atomic E-state index is 12.4. The summed E-state index contributed by atoms with van der Waals surface area (Å²) >= 11 is 1.64. The second kappa shape index (κ2) is 5.18. The topological polar surface area (TPSA) is 29.9 Å². The molecule has 2 heterocycles. The van der Waals surface area contributed by atoms with Crippen LogP contribution in [0, 0.1) is 0 Å². The Labute approximate surface area is 95.7 Å². The molecule has 0 aliphatic rings. The van der Waals surface area contributed by atoms with Gasteiger partial charge in [0.1, 0.15) is 0 Å². The molecule has 0 aliphatic heterocycles. The van der Waals surface area contributed by atoms with Gasteiger partial charge in [0.15, 0.2) is 0 Å². The number of hydrogen-bond donors (Lipinski definition) is 1. The third-order valence-corrected chi connectivity index (χ3v) is 3.00. The van der Waals surface area contributed by atoms with Crippen LogP contribution in [0.2, 0.25) is 0 Å². The molecule has 6 heteroatoms. The van der Waals surface area contributed by atoms with Crippen molar-refractivity contribution in [2.24, 2.45) is 0 Å². The van der Waals surface area contributed by atoms with Gasteiger partial charge in [0.05, 0.1) is 5.69 Å². The van der Waals surface area contributed by atoms with E-state index in [4.69, 9.17) is 0 Å². The highest BCUT2D eigenvalue weighted by molar-refractivity contribution is 7.09. The van der Waals surface area contributed by atoms with Crippen molar-refractivity contribution in [1.29, 1.82) is 0 Å². The van der Waals surface area contributed by atoms with Crippen LogP contribution >= 0.6 is 11.3 Å². The van der Waals surface area contributed by atoms with E-state index in [2.05, 4.69) is 10.4 Å². The van der Waals surface area contributed by atoms with Gasteiger partial charge in [-0.1, -0.05) is 6.07 Å². The summed E-state index contributed by atoms with van der Waals surface area (Å²) in [5, 5.41) is 8.65. The smallest absolute Gasteiger partial charge is 0.306 e. The molecular weight excluding hydrogens is 232 g/mol. The van der Waals surface area contributed by atoms with Gasteiger partial charge in [-0.05, 0) is 17.5 Å². The highest BCUT2D eigenvalue weighted by Gasteiger charge is 2.10. The van der Waals surface area contributed by atoms with Gasteiger partial charge in [-0.15, -0.1) is 11.3 Å². The van der Waals surface area contributed by atoms with E-state index in [1.165, 1.54) is 11.1 Å². The first-order valence-electron chi connectivity index (χ1n) is 4.81. The summed E-state index contributed by atoms with van der Waals surface area (Å²) < 4.78 is 25.6. The van der Waals surface area contributed by atoms with Crippen molar-refractivity contribution in [2.75, 3.05) is 0 Å². The molecule has 0 unspecified atom stereocenters. The Morgan fingerprint density at radius 1 is 1.38 bits per heavy atom. The largest absolute Gasteiger partial charge is 0.333 e. The fourth-order valence-corrected chi connectivity index (χ4v) is 2.06. The molecule has 2 aromatic heterocycles. The van der Waals surface area contributed by atoms with Crippen LogP contribution in [-0.4, -0.2) is 9.78 Å². The monoisotopic (exact) mass is 243 g/mol. The van der Waals surface area contributed by atoms with Gasteiger partial charge in [-0.2, -0.15) is 13.9 Å². The molecule has 0 atom stereocenters. The molecule has 0 fully saturated rings. The summed E-state index contributed by atoms with van der Waals surface area (Å²) in [5.74, 6) is 0. The Kier molecular flexibility index (Phi) is 3.63. The van der Waals surface area contributed by atoms with Crippen molar-refractivity contribution >= 4 is 11.3 Å². The van der Waals surface area contributed by atoms with Crippen LogP contribution in [0.25, 0.3) is 0 Å². The number of nitrogens with zero attached hydrogens (tertiary/aromatic N) is 2. The van der Waals surface area contributed by atoms with Gasteiger partial charge in [0.2, 0.25) is 0 Å². The molecular formula is C10H11F2N3S. The van der Waals surface area contributed by atoms with Crippen LogP contribution in [0.1, 0.15) is 17.1 Å². The molecule has 86 valence electrons. The molecule has 3 nitrogen and oxygen atoms in total. The standard InChI is InChI=1S/C10H11F2N3S/c11-10(12)15-8(3-4-14-15)6-13-7-9-2-1-5-16-9/h1-5,10,13H,6-7H2. The highest BCUT2D eigenvalue weighted by Crippen LogP contribution is 2.12. The molecule has 0 amide bonds. The summed E-state index contributed by atoms with van der Waals surface area (Å²) in [7, 11) is 0. The molecule has 0 aromatic carbocycles.